The molecule has 1 fully saturated rings. The Bertz CT molecular complexity index is 741. The van der Waals surface area contributed by atoms with Gasteiger partial charge in [0.25, 0.3) is 0 Å². The molecule has 12 heteroatoms. The van der Waals surface area contributed by atoms with E-state index in [4.69, 9.17) is 11.5 Å². The summed E-state index contributed by atoms with van der Waals surface area (Å²) in [5.74, 6) is -4.96. The fraction of sp³-hybridized carbons (Fsp3) is 0.700. The predicted molar refractivity (Wildman–Crippen MR) is 114 cm³/mol. The van der Waals surface area contributed by atoms with Crippen LogP contribution in [-0.2, 0) is 28.8 Å². The summed E-state index contributed by atoms with van der Waals surface area (Å²) in [7, 11) is 0. The molecule has 12 nitrogen and oxygen atoms in total. The molecule has 0 aliphatic carbocycles. The van der Waals surface area contributed by atoms with Crippen LogP contribution in [0.2, 0.25) is 0 Å². The van der Waals surface area contributed by atoms with E-state index in [2.05, 4.69) is 21.3 Å². The number of carbonyl (C=O) groups is 6. The number of nitrogens with one attached hydrogen (secondary N) is 4. The van der Waals surface area contributed by atoms with Gasteiger partial charge in [0.1, 0.15) is 24.2 Å². The zero-order valence-electron chi connectivity index (χ0n) is 18.9. The smallest absolute Gasteiger partial charge is 0.243 e. The van der Waals surface area contributed by atoms with E-state index >= 15 is 0 Å². The standard InChI is InChI=1S/C20H34N6O6/c1-5-10(4)16-20(32)25-12(7-14(21)27)18(30)23-11(6-9(2)3)17(29)24-13(8-15(22)28)19(31)26-16/h9-13,16H,5-8H2,1-4H3,(H2,21,27)(H2,22,28)(H,23,30)(H,24,29)(H,25,32)(H,26,31)/t10-,11-,12-,13-,16-/m0/s1. The van der Waals surface area contributed by atoms with Crippen molar-refractivity contribution >= 4 is 35.4 Å². The van der Waals surface area contributed by atoms with E-state index in [1.165, 1.54) is 0 Å². The van der Waals surface area contributed by atoms with Crippen molar-refractivity contribution < 1.29 is 28.8 Å². The molecule has 180 valence electrons. The van der Waals surface area contributed by atoms with Crippen LogP contribution in [0.5, 0.6) is 0 Å². The lowest BCUT2D eigenvalue weighted by molar-refractivity contribution is -0.138. The van der Waals surface area contributed by atoms with E-state index in [0.29, 0.717) is 6.42 Å². The number of rotatable bonds is 8. The number of amides is 6. The Labute approximate surface area is 187 Å². The van der Waals surface area contributed by atoms with Crippen molar-refractivity contribution in [3.05, 3.63) is 0 Å². The van der Waals surface area contributed by atoms with Crippen molar-refractivity contribution in [1.82, 2.24) is 21.3 Å². The first kappa shape index (κ1) is 26.9. The van der Waals surface area contributed by atoms with Gasteiger partial charge >= 0.3 is 0 Å². The summed E-state index contributed by atoms with van der Waals surface area (Å²) in [6, 6.07) is -4.82. The first-order valence-electron chi connectivity index (χ1n) is 10.6. The molecule has 1 aliphatic rings. The van der Waals surface area contributed by atoms with E-state index < -0.39 is 72.5 Å². The summed E-state index contributed by atoms with van der Waals surface area (Å²) in [5.41, 5.74) is 10.5. The van der Waals surface area contributed by atoms with E-state index in [9.17, 15) is 28.8 Å². The lowest BCUT2D eigenvalue weighted by Gasteiger charge is -2.31. The Morgan fingerprint density at radius 3 is 1.59 bits per heavy atom. The van der Waals surface area contributed by atoms with Gasteiger partial charge in [-0.15, -0.1) is 0 Å². The van der Waals surface area contributed by atoms with Crippen molar-refractivity contribution in [2.45, 2.75) is 77.5 Å². The van der Waals surface area contributed by atoms with Crippen molar-refractivity contribution in [3.8, 4) is 0 Å². The Hall–Kier alpha value is -3.18. The minimum absolute atomic E-state index is 0.0265. The van der Waals surface area contributed by atoms with Crippen LogP contribution >= 0.6 is 0 Å². The summed E-state index contributed by atoms with van der Waals surface area (Å²) in [6.45, 7) is 7.15. The third-order valence-electron chi connectivity index (χ3n) is 5.21. The molecule has 0 aromatic heterocycles. The van der Waals surface area contributed by atoms with Gasteiger partial charge in [-0.05, 0) is 18.3 Å². The van der Waals surface area contributed by atoms with Crippen LogP contribution in [0, 0.1) is 11.8 Å². The largest absolute Gasteiger partial charge is 0.370 e. The highest BCUT2D eigenvalue weighted by Crippen LogP contribution is 2.12. The molecule has 8 N–H and O–H groups in total. The van der Waals surface area contributed by atoms with E-state index in [1.807, 2.05) is 13.8 Å². The first-order chi connectivity index (χ1) is 14.8. The maximum absolute atomic E-state index is 12.9. The second-order valence-electron chi connectivity index (χ2n) is 8.53. The average molecular weight is 455 g/mol. The first-order valence-corrected chi connectivity index (χ1v) is 10.6. The highest BCUT2D eigenvalue weighted by molar-refractivity contribution is 5.99. The van der Waals surface area contributed by atoms with Gasteiger partial charge in [0.15, 0.2) is 0 Å². The van der Waals surface area contributed by atoms with Crippen molar-refractivity contribution in [3.63, 3.8) is 0 Å². The van der Waals surface area contributed by atoms with Gasteiger partial charge in [-0.25, -0.2) is 0 Å². The second-order valence-corrected chi connectivity index (χ2v) is 8.53. The van der Waals surface area contributed by atoms with Gasteiger partial charge in [0.2, 0.25) is 35.4 Å². The molecule has 6 amide bonds. The third kappa shape index (κ3) is 8.16. The van der Waals surface area contributed by atoms with Crippen LogP contribution in [0.4, 0.5) is 0 Å². The normalized spacial score (nSPS) is 26.0. The van der Waals surface area contributed by atoms with Crippen LogP contribution in [-0.4, -0.2) is 59.6 Å². The summed E-state index contributed by atoms with van der Waals surface area (Å²) < 4.78 is 0. The molecule has 0 aromatic carbocycles. The summed E-state index contributed by atoms with van der Waals surface area (Å²) in [5, 5.41) is 9.96. The zero-order chi connectivity index (χ0) is 24.6. The quantitative estimate of drug-likeness (QED) is 0.240. The topological polar surface area (TPSA) is 203 Å². The monoisotopic (exact) mass is 454 g/mol. The van der Waals surface area contributed by atoms with Gasteiger partial charge < -0.3 is 32.7 Å². The summed E-state index contributed by atoms with van der Waals surface area (Å²) in [4.78, 5) is 74.5. The van der Waals surface area contributed by atoms with Crippen LogP contribution in [0.1, 0.15) is 53.4 Å². The molecular weight excluding hydrogens is 420 g/mol. The Morgan fingerprint density at radius 1 is 0.750 bits per heavy atom. The highest BCUT2D eigenvalue weighted by Gasteiger charge is 2.36. The third-order valence-corrected chi connectivity index (χ3v) is 5.21. The van der Waals surface area contributed by atoms with Crippen LogP contribution in [0.15, 0.2) is 0 Å². The van der Waals surface area contributed by atoms with Crippen molar-refractivity contribution in [2.75, 3.05) is 0 Å². The molecular formula is C20H34N6O6. The van der Waals surface area contributed by atoms with Crippen LogP contribution in [0.3, 0.4) is 0 Å². The zero-order valence-corrected chi connectivity index (χ0v) is 18.9. The Balaban J connectivity index is 3.41. The average Bonchev–Trinajstić information content (AvgIpc) is 2.67. The fourth-order valence-electron chi connectivity index (χ4n) is 3.29. The molecule has 0 unspecified atom stereocenters. The predicted octanol–water partition coefficient (Wildman–Crippen LogP) is -2.22. The molecule has 1 rings (SSSR count). The van der Waals surface area contributed by atoms with E-state index in [-0.39, 0.29) is 18.3 Å². The molecule has 0 aromatic rings. The lowest BCUT2D eigenvalue weighted by atomic mass is 9.96. The molecule has 0 spiro atoms. The van der Waals surface area contributed by atoms with E-state index in [1.54, 1.807) is 13.8 Å². The van der Waals surface area contributed by atoms with Crippen LogP contribution < -0.4 is 32.7 Å². The van der Waals surface area contributed by atoms with Gasteiger partial charge in [0.05, 0.1) is 12.8 Å². The number of hydrogen-bond acceptors (Lipinski definition) is 6. The van der Waals surface area contributed by atoms with Gasteiger partial charge in [0, 0.05) is 0 Å². The van der Waals surface area contributed by atoms with Crippen molar-refractivity contribution in [2.24, 2.45) is 23.3 Å². The van der Waals surface area contributed by atoms with Gasteiger partial charge in [-0.2, -0.15) is 0 Å². The molecule has 0 bridgehead atoms. The second kappa shape index (κ2) is 12.0. The summed E-state index contributed by atoms with van der Waals surface area (Å²) >= 11 is 0. The number of nitrogens with two attached hydrogens (primary N) is 2. The maximum Gasteiger partial charge on any atom is 0.243 e. The van der Waals surface area contributed by atoms with Crippen LogP contribution in [0.25, 0.3) is 0 Å². The highest BCUT2D eigenvalue weighted by atomic mass is 16.2. The number of hydrogen-bond donors (Lipinski definition) is 6. The molecule has 1 saturated heterocycles. The number of primary amides is 2. The Morgan fingerprint density at radius 2 is 1.16 bits per heavy atom. The van der Waals surface area contributed by atoms with E-state index in [0.717, 1.165) is 0 Å². The molecule has 32 heavy (non-hydrogen) atoms. The Kier molecular flexibility index (Phi) is 10.1. The fourth-order valence-corrected chi connectivity index (χ4v) is 3.29. The van der Waals surface area contributed by atoms with Gasteiger partial charge in [-0.1, -0.05) is 34.1 Å². The molecule has 0 radical (unpaired) electrons. The SMILES string of the molecule is CC[C@H](C)[C@@H]1NC(=O)[C@H](CC(N)=O)NC(=O)[C@H](CC(C)C)NC(=O)[C@H](CC(N)=O)NC1=O. The summed E-state index contributed by atoms with van der Waals surface area (Å²) in [6.07, 6.45) is -0.276. The lowest BCUT2D eigenvalue weighted by Crippen LogP contribution is -2.63. The molecule has 0 saturated carbocycles. The number of carbonyl (C=O) groups excluding carboxylic acids is 6. The maximum atomic E-state index is 12.9. The molecule has 1 aliphatic heterocycles. The minimum atomic E-state index is -1.33. The van der Waals surface area contributed by atoms with Crippen molar-refractivity contribution in [1.29, 1.82) is 0 Å². The molecule has 5 atom stereocenters. The molecule has 1 heterocycles. The van der Waals surface area contributed by atoms with Gasteiger partial charge in [-0.3, -0.25) is 28.8 Å². The minimum Gasteiger partial charge on any atom is -0.370 e.